The molecule has 122 valence electrons. The van der Waals surface area contributed by atoms with Gasteiger partial charge in [0.05, 0.1) is 23.6 Å². The van der Waals surface area contributed by atoms with Gasteiger partial charge in [-0.3, -0.25) is 4.79 Å². The van der Waals surface area contributed by atoms with E-state index in [1.165, 1.54) is 0 Å². The third-order valence-corrected chi connectivity index (χ3v) is 5.60. The molecule has 1 atom stereocenters. The summed E-state index contributed by atoms with van der Waals surface area (Å²) >= 11 is 0. The number of nitrogens with zero attached hydrogens (tertiary/aromatic N) is 1. The van der Waals surface area contributed by atoms with Crippen molar-refractivity contribution in [3.8, 4) is 11.5 Å². The van der Waals surface area contributed by atoms with Crippen LogP contribution in [0.2, 0.25) is 0 Å². The molecule has 0 saturated carbocycles. The second-order valence-electron chi connectivity index (χ2n) is 5.74. The lowest BCUT2D eigenvalue weighted by Gasteiger charge is -2.09. The summed E-state index contributed by atoms with van der Waals surface area (Å²) in [7, 11) is -3.00. The Morgan fingerprint density at radius 3 is 2.74 bits per heavy atom. The fourth-order valence-electron chi connectivity index (χ4n) is 2.63. The second-order valence-corrected chi connectivity index (χ2v) is 7.97. The van der Waals surface area contributed by atoms with Crippen molar-refractivity contribution >= 4 is 15.7 Å². The van der Waals surface area contributed by atoms with Crippen molar-refractivity contribution in [2.75, 3.05) is 11.5 Å². The summed E-state index contributed by atoms with van der Waals surface area (Å²) in [5.74, 6) is 0.892. The molecule has 1 unspecified atom stereocenters. The summed E-state index contributed by atoms with van der Waals surface area (Å²) in [5.41, 5.74) is 1.52. The predicted octanol–water partition coefficient (Wildman–Crippen LogP) is 1.50. The zero-order chi connectivity index (χ0) is 16.4. The molecule has 2 aromatic rings. The van der Waals surface area contributed by atoms with Crippen LogP contribution < -0.4 is 5.32 Å². The first-order valence-electron chi connectivity index (χ1n) is 7.44. The van der Waals surface area contributed by atoms with Crippen LogP contribution in [-0.4, -0.2) is 36.9 Å². The number of hydrogen-bond acceptors (Lipinski definition) is 5. The number of rotatable bonds is 4. The fraction of sp³-hybridized carbons (Fsp3) is 0.375. The topological polar surface area (TPSA) is 89.3 Å². The number of carbonyl (C=O) groups excluding carboxylic acids is 1. The number of amides is 1. The predicted molar refractivity (Wildman–Crippen MR) is 85.6 cm³/mol. The number of benzene rings is 1. The van der Waals surface area contributed by atoms with Crippen LogP contribution in [-0.2, 0) is 21.1 Å². The summed E-state index contributed by atoms with van der Waals surface area (Å²) < 4.78 is 28.5. The van der Waals surface area contributed by atoms with Gasteiger partial charge in [0.1, 0.15) is 5.76 Å². The SMILES string of the molecule is Cc1nc(-c2ccccc2)oc1CC(=O)NC1CCS(=O)(=O)C1. The minimum atomic E-state index is -3.00. The van der Waals surface area contributed by atoms with E-state index in [4.69, 9.17) is 4.42 Å². The quantitative estimate of drug-likeness (QED) is 0.915. The number of sulfone groups is 1. The van der Waals surface area contributed by atoms with Gasteiger partial charge in [0.25, 0.3) is 0 Å². The first-order chi connectivity index (χ1) is 10.9. The summed E-state index contributed by atoms with van der Waals surface area (Å²) in [6.45, 7) is 1.79. The summed E-state index contributed by atoms with van der Waals surface area (Å²) in [4.78, 5) is 16.4. The van der Waals surface area contributed by atoms with Crippen LogP contribution in [0.5, 0.6) is 0 Å². The van der Waals surface area contributed by atoms with Crippen molar-refractivity contribution < 1.29 is 17.6 Å². The number of aryl methyl sites for hydroxylation is 1. The first kappa shape index (κ1) is 15.7. The standard InChI is InChI=1S/C16H18N2O4S/c1-11-14(22-16(17-11)12-5-3-2-4-6-12)9-15(19)18-13-7-8-23(20,21)10-13/h2-6,13H,7-10H2,1H3,(H,18,19). The van der Waals surface area contributed by atoms with E-state index >= 15 is 0 Å². The number of oxazole rings is 1. The summed E-state index contributed by atoms with van der Waals surface area (Å²) in [5, 5.41) is 2.75. The van der Waals surface area contributed by atoms with Gasteiger partial charge in [-0.1, -0.05) is 18.2 Å². The van der Waals surface area contributed by atoms with Gasteiger partial charge in [0, 0.05) is 11.6 Å². The van der Waals surface area contributed by atoms with Gasteiger partial charge < -0.3 is 9.73 Å². The van der Waals surface area contributed by atoms with Crippen molar-refractivity contribution in [1.29, 1.82) is 0 Å². The van der Waals surface area contributed by atoms with Gasteiger partial charge >= 0.3 is 0 Å². The van der Waals surface area contributed by atoms with Gasteiger partial charge in [-0.2, -0.15) is 0 Å². The highest BCUT2D eigenvalue weighted by Crippen LogP contribution is 2.22. The van der Waals surface area contributed by atoms with Crippen molar-refractivity contribution in [1.82, 2.24) is 10.3 Å². The first-order valence-corrected chi connectivity index (χ1v) is 9.26. The summed E-state index contributed by atoms with van der Waals surface area (Å²) in [6.07, 6.45) is 0.529. The fourth-order valence-corrected chi connectivity index (χ4v) is 4.30. The monoisotopic (exact) mass is 334 g/mol. The van der Waals surface area contributed by atoms with Gasteiger partial charge in [-0.05, 0) is 25.5 Å². The van der Waals surface area contributed by atoms with Crippen molar-refractivity contribution in [3.63, 3.8) is 0 Å². The van der Waals surface area contributed by atoms with Crippen LogP contribution >= 0.6 is 0 Å². The molecule has 3 rings (SSSR count). The lowest BCUT2D eigenvalue weighted by Crippen LogP contribution is -2.36. The molecule has 7 heteroatoms. The van der Waals surface area contributed by atoms with Crippen molar-refractivity contribution in [3.05, 3.63) is 41.8 Å². The molecule has 0 radical (unpaired) electrons. The smallest absolute Gasteiger partial charge is 0.227 e. The third kappa shape index (κ3) is 3.79. The van der Waals surface area contributed by atoms with Gasteiger partial charge in [-0.25, -0.2) is 13.4 Å². The molecule has 1 saturated heterocycles. The van der Waals surface area contributed by atoms with Crippen molar-refractivity contribution in [2.24, 2.45) is 0 Å². The molecule has 1 aromatic heterocycles. The highest BCUT2D eigenvalue weighted by molar-refractivity contribution is 7.91. The molecule has 23 heavy (non-hydrogen) atoms. The molecule has 1 fully saturated rings. The second kappa shape index (κ2) is 6.16. The van der Waals surface area contributed by atoms with Gasteiger partial charge in [0.15, 0.2) is 9.84 Å². The molecule has 1 amide bonds. The Labute approximate surface area is 134 Å². The van der Waals surface area contributed by atoms with Gasteiger partial charge in [-0.15, -0.1) is 0 Å². The highest BCUT2D eigenvalue weighted by Gasteiger charge is 2.29. The van der Waals surface area contributed by atoms with E-state index in [1.54, 1.807) is 6.92 Å². The zero-order valence-corrected chi connectivity index (χ0v) is 13.6. The molecule has 2 heterocycles. The molecule has 6 nitrogen and oxygen atoms in total. The normalized spacial score (nSPS) is 19.6. The van der Waals surface area contributed by atoms with E-state index in [9.17, 15) is 13.2 Å². The molecule has 0 spiro atoms. The van der Waals surface area contributed by atoms with Crippen molar-refractivity contribution in [2.45, 2.75) is 25.8 Å². The average molecular weight is 334 g/mol. The van der Waals surface area contributed by atoms with E-state index in [0.717, 1.165) is 5.56 Å². The van der Waals surface area contributed by atoms with Crippen LogP contribution in [0.25, 0.3) is 11.5 Å². The Morgan fingerprint density at radius 1 is 1.35 bits per heavy atom. The molecule has 1 N–H and O–H groups in total. The molecular formula is C16H18N2O4S. The highest BCUT2D eigenvalue weighted by atomic mass is 32.2. The minimum Gasteiger partial charge on any atom is -0.440 e. The van der Waals surface area contributed by atoms with Crippen LogP contribution in [0.1, 0.15) is 17.9 Å². The number of carbonyl (C=O) groups is 1. The Morgan fingerprint density at radius 2 is 2.09 bits per heavy atom. The van der Waals surface area contributed by atoms with E-state index < -0.39 is 9.84 Å². The maximum absolute atomic E-state index is 12.1. The summed E-state index contributed by atoms with van der Waals surface area (Å²) in [6, 6.07) is 9.16. The van der Waals surface area contributed by atoms with E-state index in [0.29, 0.717) is 23.8 Å². The Hall–Kier alpha value is -2.15. The lowest BCUT2D eigenvalue weighted by atomic mass is 10.2. The largest absolute Gasteiger partial charge is 0.440 e. The van der Waals surface area contributed by atoms with E-state index in [2.05, 4.69) is 10.3 Å². The van der Waals surface area contributed by atoms with Gasteiger partial charge in [0.2, 0.25) is 11.8 Å². The van der Waals surface area contributed by atoms with Crippen LogP contribution in [0.4, 0.5) is 0 Å². The molecule has 1 aromatic carbocycles. The van der Waals surface area contributed by atoms with Crippen LogP contribution in [0, 0.1) is 6.92 Å². The molecule has 0 bridgehead atoms. The van der Waals surface area contributed by atoms with Crippen LogP contribution in [0.3, 0.4) is 0 Å². The lowest BCUT2D eigenvalue weighted by molar-refractivity contribution is -0.121. The Bertz CT molecular complexity index is 812. The maximum Gasteiger partial charge on any atom is 0.227 e. The van der Waals surface area contributed by atoms with E-state index in [-0.39, 0.29) is 29.9 Å². The molecule has 0 aliphatic carbocycles. The minimum absolute atomic E-state index is 0.0173. The maximum atomic E-state index is 12.1. The van der Waals surface area contributed by atoms with E-state index in [1.807, 2.05) is 30.3 Å². The Balaban J connectivity index is 1.66. The molecule has 1 aliphatic rings. The average Bonchev–Trinajstić information content (AvgIpc) is 3.03. The number of hydrogen-bond donors (Lipinski definition) is 1. The molecule has 1 aliphatic heterocycles. The third-order valence-electron chi connectivity index (χ3n) is 3.83. The zero-order valence-electron chi connectivity index (χ0n) is 12.8. The molecular weight excluding hydrogens is 316 g/mol. The number of aromatic nitrogens is 1. The number of nitrogens with one attached hydrogen (secondary N) is 1. The Kier molecular flexibility index (Phi) is 4.21. The van der Waals surface area contributed by atoms with Crippen LogP contribution in [0.15, 0.2) is 34.7 Å².